The third kappa shape index (κ3) is 10.4. The lowest BCUT2D eigenvalue weighted by Crippen LogP contribution is -2.32. The molecule has 1 aromatic heterocycles. The van der Waals surface area contributed by atoms with E-state index in [-0.39, 0.29) is 23.8 Å². The van der Waals surface area contributed by atoms with Crippen molar-refractivity contribution < 1.29 is 17.9 Å². The Morgan fingerprint density at radius 3 is 2.59 bits per heavy atom. The van der Waals surface area contributed by atoms with Crippen LogP contribution in [0.4, 0.5) is 0 Å². The Morgan fingerprint density at radius 1 is 1.16 bits per heavy atom. The quantitative estimate of drug-likeness (QED) is 0.118. The number of nitrogens with zero attached hydrogens (tertiary/aromatic N) is 3. The van der Waals surface area contributed by atoms with Crippen molar-refractivity contribution >= 4 is 38.7 Å². The smallest absolute Gasteiger partial charge is 0.240 e. The van der Waals surface area contributed by atoms with Gasteiger partial charge in [-0.3, -0.25) is 9.69 Å². The van der Waals surface area contributed by atoms with Gasteiger partial charge in [-0.15, -0.1) is 12.3 Å². The lowest BCUT2D eigenvalue weighted by molar-refractivity contribution is -0.119. The van der Waals surface area contributed by atoms with Crippen LogP contribution in [0.5, 0.6) is 5.75 Å². The van der Waals surface area contributed by atoms with Gasteiger partial charge in [0.15, 0.2) is 11.4 Å². The molecule has 0 radical (unpaired) electrons. The minimum atomic E-state index is -3.62. The summed E-state index contributed by atoms with van der Waals surface area (Å²) in [4.78, 5) is 15.4. The van der Waals surface area contributed by atoms with E-state index < -0.39 is 15.7 Å². The SMILES string of the molecule is C#CCCC1(CCOc2ccc(Cl)cc2CN(CCc2ccc(S(=O)(=O)NCC(=C)C)cc2)CC(=O)Cc2ccsc2)N=N1. The molecule has 1 aliphatic heterocycles. The number of nitrogens with one attached hydrogen (secondary N) is 1. The number of hydrogen-bond donors (Lipinski definition) is 1. The van der Waals surface area contributed by atoms with E-state index in [1.54, 1.807) is 48.6 Å². The molecule has 1 aliphatic rings. The zero-order chi connectivity index (χ0) is 31.6. The van der Waals surface area contributed by atoms with E-state index in [4.69, 9.17) is 22.8 Å². The van der Waals surface area contributed by atoms with Crippen molar-refractivity contribution in [2.24, 2.45) is 10.2 Å². The average molecular weight is 653 g/mol. The summed E-state index contributed by atoms with van der Waals surface area (Å²) in [7, 11) is -3.62. The van der Waals surface area contributed by atoms with Crippen LogP contribution in [0.25, 0.3) is 0 Å². The van der Waals surface area contributed by atoms with Gasteiger partial charge in [0.25, 0.3) is 0 Å². The fourth-order valence-electron chi connectivity index (χ4n) is 4.61. The minimum absolute atomic E-state index is 0.102. The molecule has 8 nitrogen and oxygen atoms in total. The van der Waals surface area contributed by atoms with Gasteiger partial charge in [-0.25, -0.2) is 13.1 Å². The highest BCUT2D eigenvalue weighted by Crippen LogP contribution is 2.37. The summed E-state index contributed by atoms with van der Waals surface area (Å²) < 4.78 is 33.9. The van der Waals surface area contributed by atoms with Crippen molar-refractivity contribution in [3.05, 3.63) is 93.2 Å². The summed E-state index contributed by atoms with van der Waals surface area (Å²) in [6.07, 6.45) is 8.33. The van der Waals surface area contributed by atoms with E-state index in [9.17, 15) is 13.2 Å². The zero-order valence-corrected chi connectivity index (χ0v) is 27.2. The summed E-state index contributed by atoms with van der Waals surface area (Å²) in [5.41, 5.74) is 3.11. The van der Waals surface area contributed by atoms with Crippen LogP contribution < -0.4 is 9.46 Å². The standard InChI is InChI=1S/C33H37ClN4O4S2/c1-4-5-14-33(36-37-33)15-17-42-32-11-8-29(34)20-28(32)22-38(23-30(39)19-27-13-18-43-24-27)16-12-26-6-9-31(10-7-26)44(40,41)35-21-25(2)3/h1,6-11,13,18,20,24,35H,2,5,12,14-17,19,21-23H2,3H3. The lowest BCUT2D eigenvalue weighted by Gasteiger charge is -2.23. The monoisotopic (exact) mass is 652 g/mol. The van der Waals surface area contributed by atoms with Gasteiger partial charge in [-0.05, 0) is 71.6 Å². The van der Waals surface area contributed by atoms with Crippen LogP contribution in [0.2, 0.25) is 5.02 Å². The number of Topliss-reactive ketones (excluding diaryl/α,β-unsaturated/α-hetero) is 1. The number of ether oxygens (including phenoxy) is 1. The molecule has 4 rings (SSSR count). The second kappa shape index (κ2) is 15.6. The number of hydrogen-bond acceptors (Lipinski definition) is 8. The molecule has 0 saturated heterocycles. The molecule has 2 heterocycles. The molecular weight excluding hydrogens is 616 g/mol. The second-order valence-electron chi connectivity index (χ2n) is 11.0. The highest BCUT2D eigenvalue weighted by atomic mass is 35.5. The number of ketones is 1. The predicted octanol–water partition coefficient (Wildman–Crippen LogP) is 6.46. The summed E-state index contributed by atoms with van der Waals surface area (Å²) in [5.74, 6) is 3.43. The van der Waals surface area contributed by atoms with Crippen LogP contribution in [0.15, 0.2) is 86.6 Å². The van der Waals surface area contributed by atoms with Crippen molar-refractivity contribution in [3.8, 4) is 18.1 Å². The molecule has 44 heavy (non-hydrogen) atoms. The first-order valence-electron chi connectivity index (χ1n) is 14.3. The van der Waals surface area contributed by atoms with Gasteiger partial charge in [0.1, 0.15) is 5.75 Å². The number of carbonyl (C=O) groups is 1. The van der Waals surface area contributed by atoms with Crippen molar-refractivity contribution in [1.82, 2.24) is 9.62 Å². The highest BCUT2D eigenvalue weighted by molar-refractivity contribution is 7.89. The van der Waals surface area contributed by atoms with E-state index in [0.717, 1.165) is 22.3 Å². The third-order valence-corrected chi connectivity index (χ3v) is 9.51. The molecule has 11 heteroatoms. The van der Waals surface area contributed by atoms with Crippen molar-refractivity contribution in [2.75, 3.05) is 26.2 Å². The third-order valence-electron chi connectivity index (χ3n) is 7.12. The molecule has 0 atom stereocenters. The minimum Gasteiger partial charge on any atom is -0.493 e. The Morgan fingerprint density at radius 2 is 1.93 bits per heavy atom. The maximum atomic E-state index is 13.1. The van der Waals surface area contributed by atoms with Crippen LogP contribution in [0.1, 0.15) is 42.9 Å². The van der Waals surface area contributed by atoms with Crippen LogP contribution in [-0.2, 0) is 34.2 Å². The van der Waals surface area contributed by atoms with Gasteiger partial charge in [0.05, 0.1) is 18.0 Å². The fraction of sp³-hybridized carbons (Fsp3) is 0.364. The van der Waals surface area contributed by atoms with Crippen molar-refractivity contribution in [2.45, 2.75) is 56.1 Å². The Bertz CT molecular complexity index is 1610. The van der Waals surface area contributed by atoms with Gasteiger partial charge in [-0.2, -0.15) is 21.6 Å². The largest absolute Gasteiger partial charge is 0.493 e. The first kappa shape index (κ1) is 33.6. The first-order chi connectivity index (χ1) is 21.1. The number of halogens is 1. The van der Waals surface area contributed by atoms with Crippen molar-refractivity contribution in [3.63, 3.8) is 0 Å². The molecule has 0 bridgehead atoms. The first-order valence-corrected chi connectivity index (χ1v) is 17.1. The maximum absolute atomic E-state index is 13.1. The molecule has 0 spiro atoms. The second-order valence-corrected chi connectivity index (χ2v) is 14.0. The molecular formula is C33H37ClN4O4S2. The van der Waals surface area contributed by atoms with Crippen LogP contribution >= 0.6 is 22.9 Å². The number of sulfonamides is 1. The van der Waals surface area contributed by atoms with Gasteiger partial charge in [0, 0.05) is 55.9 Å². The van der Waals surface area contributed by atoms with E-state index in [2.05, 4.69) is 32.3 Å². The van der Waals surface area contributed by atoms with Crippen LogP contribution in [0.3, 0.4) is 0 Å². The maximum Gasteiger partial charge on any atom is 0.240 e. The number of terminal acetylenes is 1. The highest BCUT2D eigenvalue weighted by Gasteiger charge is 2.39. The summed E-state index contributed by atoms with van der Waals surface area (Å²) in [6, 6.07) is 14.3. The molecule has 2 aromatic carbocycles. The van der Waals surface area contributed by atoms with Gasteiger partial charge < -0.3 is 4.74 Å². The van der Waals surface area contributed by atoms with Gasteiger partial charge in [0.2, 0.25) is 10.0 Å². The molecule has 0 saturated carbocycles. The Kier molecular flexibility index (Phi) is 11.9. The van der Waals surface area contributed by atoms with E-state index in [1.807, 2.05) is 29.0 Å². The molecule has 0 unspecified atom stereocenters. The Labute approximate surface area is 269 Å². The van der Waals surface area contributed by atoms with E-state index in [1.165, 1.54) is 0 Å². The summed E-state index contributed by atoms with van der Waals surface area (Å²) >= 11 is 7.96. The number of thiophene rings is 1. The number of carbonyl (C=O) groups excluding carboxylic acids is 1. The fourth-order valence-corrected chi connectivity index (χ4v) is 6.57. The number of rotatable bonds is 19. The summed E-state index contributed by atoms with van der Waals surface area (Å²) in [6.45, 7) is 7.36. The zero-order valence-electron chi connectivity index (χ0n) is 24.8. The Balaban J connectivity index is 1.44. The van der Waals surface area contributed by atoms with Crippen molar-refractivity contribution in [1.29, 1.82) is 0 Å². The van der Waals surface area contributed by atoms with Crippen LogP contribution in [-0.4, -0.2) is 51.0 Å². The average Bonchev–Trinajstić information content (AvgIpc) is 3.57. The topological polar surface area (TPSA) is 100 Å². The molecule has 1 N–H and O–H groups in total. The van der Waals surface area contributed by atoms with E-state index >= 15 is 0 Å². The normalized spacial score (nSPS) is 13.5. The molecule has 0 aliphatic carbocycles. The molecule has 232 valence electrons. The summed E-state index contributed by atoms with van der Waals surface area (Å²) in [5, 5.41) is 12.9. The molecule has 3 aromatic rings. The van der Waals surface area contributed by atoms with Gasteiger partial charge >= 0.3 is 0 Å². The lowest BCUT2D eigenvalue weighted by atomic mass is 10.1. The van der Waals surface area contributed by atoms with Crippen LogP contribution in [0, 0.1) is 12.3 Å². The molecule has 0 fully saturated rings. The van der Waals surface area contributed by atoms with E-state index in [0.29, 0.717) is 62.6 Å². The molecule has 0 amide bonds. The predicted molar refractivity (Wildman–Crippen MR) is 176 cm³/mol. The number of benzene rings is 2. The Hall–Kier alpha value is -3.33. The van der Waals surface area contributed by atoms with Gasteiger partial charge in [-0.1, -0.05) is 35.9 Å².